The van der Waals surface area contributed by atoms with E-state index >= 15 is 0 Å². The summed E-state index contributed by atoms with van der Waals surface area (Å²) in [6.07, 6.45) is 5.60. The second-order valence-corrected chi connectivity index (χ2v) is 9.34. The van der Waals surface area contributed by atoms with Crippen molar-refractivity contribution in [1.82, 2.24) is 14.3 Å². The molecule has 35 heavy (non-hydrogen) atoms. The lowest BCUT2D eigenvalue weighted by Crippen LogP contribution is -2.48. The van der Waals surface area contributed by atoms with Gasteiger partial charge in [0, 0.05) is 49.5 Å². The van der Waals surface area contributed by atoms with Gasteiger partial charge in [-0.3, -0.25) is 14.0 Å². The molecule has 1 fully saturated rings. The minimum absolute atomic E-state index is 0.108. The molecule has 2 aromatic carbocycles. The number of likely N-dealkylation sites (tertiary alicyclic amines) is 1. The second-order valence-electron chi connectivity index (χ2n) is 9.34. The van der Waals surface area contributed by atoms with Gasteiger partial charge in [-0.25, -0.2) is 4.98 Å². The van der Waals surface area contributed by atoms with Crippen LogP contribution in [0.3, 0.4) is 0 Å². The number of aryl methyl sites for hydroxylation is 1. The smallest absolute Gasteiger partial charge is 0.261 e. The van der Waals surface area contributed by atoms with Crippen LogP contribution < -0.4 is 5.56 Å². The SMILES string of the molecule is O=C(CCc1ccccc1)N1CCC(O)(Cc2cnc3c(-c4ccccc4)cccn3c2=O)CC1. The Labute approximate surface area is 204 Å². The molecule has 1 aliphatic heterocycles. The van der Waals surface area contributed by atoms with E-state index in [0.717, 1.165) is 16.7 Å². The fourth-order valence-corrected chi connectivity index (χ4v) is 4.87. The van der Waals surface area contributed by atoms with Gasteiger partial charge in [0.1, 0.15) is 5.65 Å². The van der Waals surface area contributed by atoms with Crippen molar-refractivity contribution >= 4 is 11.6 Å². The van der Waals surface area contributed by atoms with Crippen LogP contribution in [0.15, 0.2) is 90.0 Å². The van der Waals surface area contributed by atoms with Gasteiger partial charge in [-0.1, -0.05) is 60.7 Å². The molecule has 0 spiro atoms. The summed E-state index contributed by atoms with van der Waals surface area (Å²) in [5, 5.41) is 11.2. The highest BCUT2D eigenvalue weighted by molar-refractivity contribution is 5.77. The lowest BCUT2D eigenvalue weighted by Gasteiger charge is -2.38. The number of benzene rings is 2. The molecule has 5 rings (SSSR count). The average molecular weight is 468 g/mol. The molecule has 1 saturated heterocycles. The van der Waals surface area contributed by atoms with Gasteiger partial charge in [-0.05, 0) is 42.5 Å². The minimum Gasteiger partial charge on any atom is -0.389 e. The number of nitrogens with zero attached hydrogens (tertiary/aromatic N) is 3. The maximum Gasteiger partial charge on any atom is 0.261 e. The standard InChI is InChI=1S/C29H29N3O3/c33-26(14-13-22-8-3-1-4-9-22)31-18-15-29(35,16-19-31)20-24-21-30-27-25(23-10-5-2-6-11-23)12-7-17-32(27)28(24)34/h1-12,17,21,35H,13-16,18-20H2. The van der Waals surface area contributed by atoms with Gasteiger partial charge >= 0.3 is 0 Å². The summed E-state index contributed by atoms with van der Waals surface area (Å²) in [7, 11) is 0. The van der Waals surface area contributed by atoms with Crippen LogP contribution in [0.4, 0.5) is 0 Å². The Morgan fingerprint density at radius 1 is 0.943 bits per heavy atom. The third-order valence-corrected chi connectivity index (χ3v) is 6.92. The van der Waals surface area contributed by atoms with Crippen molar-refractivity contribution in [2.24, 2.45) is 0 Å². The van der Waals surface area contributed by atoms with Crippen LogP contribution in [0.1, 0.15) is 30.4 Å². The van der Waals surface area contributed by atoms with E-state index in [1.807, 2.05) is 77.7 Å². The van der Waals surface area contributed by atoms with E-state index in [0.29, 0.717) is 50.0 Å². The molecule has 0 radical (unpaired) electrons. The van der Waals surface area contributed by atoms with E-state index in [1.165, 1.54) is 0 Å². The zero-order chi connectivity index (χ0) is 24.3. The number of hydrogen-bond donors (Lipinski definition) is 1. The Balaban J connectivity index is 1.27. The van der Waals surface area contributed by atoms with Crippen molar-refractivity contribution < 1.29 is 9.90 Å². The summed E-state index contributed by atoms with van der Waals surface area (Å²) < 4.78 is 1.56. The maximum absolute atomic E-state index is 13.3. The molecular formula is C29H29N3O3. The lowest BCUT2D eigenvalue weighted by atomic mass is 9.86. The van der Waals surface area contributed by atoms with Crippen LogP contribution in [0, 0.1) is 0 Å². The first-order valence-corrected chi connectivity index (χ1v) is 12.1. The second kappa shape index (κ2) is 9.84. The van der Waals surface area contributed by atoms with Crippen LogP contribution in [0.25, 0.3) is 16.8 Å². The quantitative estimate of drug-likeness (QED) is 0.467. The molecule has 3 heterocycles. The van der Waals surface area contributed by atoms with Gasteiger partial charge in [0.05, 0.1) is 5.60 Å². The number of carbonyl (C=O) groups excluding carboxylic acids is 1. The molecular weight excluding hydrogens is 438 g/mol. The first kappa shape index (κ1) is 23.0. The summed E-state index contributed by atoms with van der Waals surface area (Å²) in [4.78, 5) is 32.4. The van der Waals surface area contributed by atoms with Gasteiger partial charge < -0.3 is 10.0 Å². The van der Waals surface area contributed by atoms with Crippen molar-refractivity contribution in [1.29, 1.82) is 0 Å². The highest BCUT2D eigenvalue weighted by Crippen LogP contribution is 2.27. The first-order valence-electron chi connectivity index (χ1n) is 12.1. The molecule has 0 unspecified atom stereocenters. The van der Waals surface area contributed by atoms with Gasteiger partial charge in [0.2, 0.25) is 5.91 Å². The fraction of sp³-hybridized carbons (Fsp3) is 0.276. The number of amides is 1. The molecule has 2 aromatic heterocycles. The van der Waals surface area contributed by atoms with E-state index < -0.39 is 5.60 Å². The summed E-state index contributed by atoms with van der Waals surface area (Å²) >= 11 is 0. The van der Waals surface area contributed by atoms with Crippen molar-refractivity contribution in [3.8, 4) is 11.1 Å². The topological polar surface area (TPSA) is 74.9 Å². The van der Waals surface area contributed by atoms with Gasteiger partial charge in [-0.15, -0.1) is 0 Å². The fourth-order valence-electron chi connectivity index (χ4n) is 4.87. The predicted molar refractivity (Wildman–Crippen MR) is 136 cm³/mol. The molecule has 178 valence electrons. The van der Waals surface area contributed by atoms with Crippen molar-refractivity contribution in [2.75, 3.05) is 13.1 Å². The average Bonchev–Trinajstić information content (AvgIpc) is 2.90. The third-order valence-electron chi connectivity index (χ3n) is 6.92. The number of pyridine rings is 1. The zero-order valence-electron chi connectivity index (χ0n) is 19.6. The summed E-state index contributed by atoms with van der Waals surface area (Å²) in [6.45, 7) is 0.981. The van der Waals surface area contributed by atoms with E-state index in [1.54, 1.807) is 16.8 Å². The zero-order valence-corrected chi connectivity index (χ0v) is 19.6. The molecule has 6 heteroatoms. The molecule has 0 saturated carbocycles. The van der Waals surface area contributed by atoms with E-state index in [4.69, 9.17) is 0 Å². The Hall–Kier alpha value is -3.77. The molecule has 0 bridgehead atoms. The van der Waals surface area contributed by atoms with Crippen LogP contribution in [0.2, 0.25) is 0 Å². The Morgan fingerprint density at radius 3 is 2.34 bits per heavy atom. The molecule has 1 N–H and O–H groups in total. The number of fused-ring (bicyclic) bond motifs is 1. The largest absolute Gasteiger partial charge is 0.389 e. The molecule has 1 amide bonds. The molecule has 4 aromatic rings. The van der Waals surface area contributed by atoms with Crippen LogP contribution >= 0.6 is 0 Å². The summed E-state index contributed by atoms with van der Waals surface area (Å²) in [6, 6.07) is 23.6. The third kappa shape index (κ3) is 5.03. The van der Waals surface area contributed by atoms with Crippen LogP contribution in [0.5, 0.6) is 0 Å². The molecule has 0 aliphatic carbocycles. The minimum atomic E-state index is -1.03. The highest BCUT2D eigenvalue weighted by atomic mass is 16.3. The summed E-state index contributed by atoms with van der Waals surface area (Å²) in [5.41, 5.74) is 2.92. The number of hydrogen-bond acceptors (Lipinski definition) is 4. The Morgan fingerprint density at radius 2 is 1.63 bits per heavy atom. The highest BCUT2D eigenvalue weighted by Gasteiger charge is 2.34. The Kier molecular flexibility index (Phi) is 6.47. The lowest BCUT2D eigenvalue weighted by molar-refractivity contribution is -0.135. The van der Waals surface area contributed by atoms with Gasteiger partial charge in [-0.2, -0.15) is 0 Å². The number of aliphatic hydroxyl groups is 1. The molecule has 6 nitrogen and oxygen atoms in total. The van der Waals surface area contributed by atoms with Gasteiger partial charge in [0.15, 0.2) is 0 Å². The van der Waals surface area contributed by atoms with E-state index in [9.17, 15) is 14.7 Å². The van der Waals surface area contributed by atoms with Crippen molar-refractivity contribution in [2.45, 2.75) is 37.7 Å². The van der Waals surface area contributed by atoms with Crippen LogP contribution in [-0.2, 0) is 17.6 Å². The summed E-state index contributed by atoms with van der Waals surface area (Å²) in [5.74, 6) is 0.108. The number of carbonyl (C=O) groups is 1. The van der Waals surface area contributed by atoms with E-state index in [-0.39, 0.29) is 17.9 Å². The monoisotopic (exact) mass is 467 g/mol. The molecule has 1 aliphatic rings. The number of piperidine rings is 1. The first-order chi connectivity index (χ1) is 17.0. The van der Waals surface area contributed by atoms with Crippen molar-refractivity contribution in [3.05, 3.63) is 107 Å². The Bertz CT molecular complexity index is 1370. The number of rotatable bonds is 6. The van der Waals surface area contributed by atoms with Crippen LogP contribution in [-0.4, -0.2) is 44.0 Å². The van der Waals surface area contributed by atoms with Crippen molar-refractivity contribution in [3.63, 3.8) is 0 Å². The normalized spacial score (nSPS) is 15.3. The van der Waals surface area contributed by atoms with Gasteiger partial charge in [0.25, 0.3) is 5.56 Å². The maximum atomic E-state index is 13.3. The molecule has 0 atom stereocenters. The van der Waals surface area contributed by atoms with E-state index in [2.05, 4.69) is 4.98 Å². The predicted octanol–water partition coefficient (Wildman–Crippen LogP) is 3.89. The number of aromatic nitrogens is 2.